The molecule has 0 atom stereocenters. The lowest BCUT2D eigenvalue weighted by Crippen LogP contribution is -2.46. The number of nitro benzene ring substituents is 1. The van der Waals surface area contributed by atoms with E-state index in [9.17, 15) is 10.1 Å². The minimum absolute atomic E-state index is 0.198. The fraction of sp³-hybridized carbons (Fsp3) is 0.333. The van der Waals surface area contributed by atoms with Crippen molar-refractivity contribution in [3.63, 3.8) is 0 Å². The molecule has 2 aromatic rings. The van der Waals surface area contributed by atoms with E-state index in [-0.39, 0.29) is 10.6 Å². The van der Waals surface area contributed by atoms with E-state index in [1.54, 1.807) is 23.5 Å². The molecule has 0 bridgehead atoms. The molecular weight excluding hydrogens is 286 g/mol. The third kappa shape index (κ3) is 3.22. The second-order valence-corrected chi connectivity index (χ2v) is 6.12. The molecule has 6 heteroatoms. The van der Waals surface area contributed by atoms with Crippen LogP contribution in [0.5, 0.6) is 0 Å². The van der Waals surface area contributed by atoms with Crippen molar-refractivity contribution in [2.24, 2.45) is 0 Å². The first kappa shape index (κ1) is 14.0. The number of nitro groups is 1. The SMILES string of the molecule is O=[N+]([O-])c1ccccc1N1CCN(Cc2cccs2)CC1. The summed E-state index contributed by atoms with van der Waals surface area (Å²) in [5.74, 6) is 0. The van der Waals surface area contributed by atoms with Gasteiger partial charge in [0, 0.05) is 43.7 Å². The van der Waals surface area contributed by atoms with Gasteiger partial charge in [0.1, 0.15) is 5.69 Å². The highest BCUT2D eigenvalue weighted by Crippen LogP contribution is 2.28. The van der Waals surface area contributed by atoms with Crippen molar-refractivity contribution >= 4 is 22.7 Å². The average Bonchev–Trinajstić information content (AvgIpc) is 3.01. The Balaban J connectivity index is 1.64. The van der Waals surface area contributed by atoms with Crippen molar-refractivity contribution in [2.45, 2.75) is 6.54 Å². The van der Waals surface area contributed by atoms with Crippen LogP contribution in [0.4, 0.5) is 11.4 Å². The fourth-order valence-electron chi connectivity index (χ4n) is 2.66. The van der Waals surface area contributed by atoms with Crippen LogP contribution >= 0.6 is 11.3 Å². The van der Waals surface area contributed by atoms with E-state index in [1.165, 1.54) is 4.88 Å². The van der Waals surface area contributed by atoms with Crippen LogP contribution in [0.1, 0.15) is 4.88 Å². The van der Waals surface area contributed by atoms with Gasteiger partial charge < -0.3 is 4.90 Å². The van der Waals surface area contributed by atoms with Gasteiger partial charge in [0.05, 0.1) is 4.92 Å². The molecule has 0 spiro atoms. The number of piperazine rings is 1. The van der Waals surface area contributed by atoms with Gasteiger partial charge >= 0.3 is 0 Å². The number of nitrogens with zero attached hydrogens (tertiary/aromatic N) is 3. The van der Waals surface area contributed by atoms with Crippen LogP contribution in [0, 0.1) is 10.1 Å². The lowest BCUT2D eigenvalue weighted by molar-refractivity contribution is -0.384. The second-order valence-electron chi connectivity index (χ2n) is 5.09. The van der Waals surface area contributed by atoms with Crippen molar-refractivity contribution in [1.29, 1.82) is 0 Å². The van der Waals surface area contributed by atoms with Crippen LogP contribution in [0.2, 0.25) is 0 Å². The van der Waals surface area contributed by atoms with Gasteiger partial charge in [-0.05, 0) is 17.5 Å². The molecule has 1 aliphatic heterocycles. The van der Waals surface area contributed by atoms with Crippen molar-refractivity contribution in [2.75, 3.05) is 31.1 Å². The molecule has 1 aliphatic rings. The Morgan fingerprint density at radius 3 is 2.52 bits per heavy atom. The van der Waals surface area contributed by atoms with Crippen LogP contribution in [0.15, 0.2) is 41.8 Å². The van der Waals surface area contributed by atoms with Crippen molar-refractivity contribution in [3.05, 3.63) is 56.8 Å². The molecule has 5 nitrogen and oxygen atoms in total. The van der Waals surface area contributed by atoms with E-state index in [2.05, 4.69) is 27.3 Å². The highest BCUT2D eigenvalue weighted by Gasteiger charge is 2.23. The zero-order valence-electron chi connectivity index (χ0n) is 11.6. The van der Waals surface area contributed by atoms with Gasteiger partial charge in [-0.2, -0.15) is 0 Å². The summed E-state index contributed by atoms with van der Waals surface area (Å²) in [6.45, 7) is 4.50. The predicted molar refractivity (Wildman–Crippen MR) is 84.9 cm³/mol. The van der Waals surface area contributed by atoms with Gasteiger partial charge in [-0.1, -0.05) is 18.2 Å². The Hall–Kier alpha value is -1.92. The van der Waals surface area contributed by atoms with Gasteiger partial charge in [-0.15, -0.1) is 11.3 Å². The Morgan fingerprint density at radius 2 is 1.86 bits per heavy atom. The third-order valence-electron chi connectivity index (χ3n) is 3.75. The molecule has 0 aliphatic carbocycles. The number of rotatable bonds is 4. The molecule has 0 saturated carbocycles. The quantitative estimate of drug-likeness (QED) is 0.643. The topological polar surface area (TPSA) is 49.6 Å². The Kier molecular flexibility index (Phi) is 4.17. The monoisotopic (exact) mass is 303 g/mol. The summed E-state index contributed by atoms with van der Waals surface area (Å²) in [5.41, 5.74) is 0.933. The number of para-hydroxylation sites is 2. The smallest absolute Gasteiger partial charge is 0.292 e. The molecule has 0 amide bonds. The minimum atomic E-state index is -0.298. The number of benzene rings is 1. The largest absolute Gasteiger partial charge is 0.363 e. The Morgan fingerprint density at radius 1 is 1.10 bits per heavy atom. The maximum absolute atomic E-state index is 11.1. The first-order valence-corrected chi connectivity index (χ1v) is 7.85. The van der Waals surface area contributed by atoms with E-state index >= 15 is 0 Å². The zero-order valence-corrected chi connectivity index (χ0v) is 12.5. The van der Waals surface area contributed by atoms with E-state index in [1.807, 2.05) is 12.1 Å². The summed E-state index contributed by atoms with van der Waals surface area (Å²) in [5, 5.41) is 13.2. The highest BCUT2D eigenvalue weighted by molar-refractivity contribution is 7.09. The lowest BCUT2D eigenvalue weighted by atomic mass is 10.2. The maximum atomic E-state index is 11.1. The fourth-order valence-corrected chi connectivity index (χ4v) is 3.40. The van der Waals surface area contributed by atoms with Gasteiger partial charge in [0.15, 0.2) is 0 Å². The second kappa shape index (κ2) is 6.24. The van der Waals surface area contributed by atoms with Crippen LogP contribution in [-0.2, 0) is 6.54 Å². The Bertz CT molecular complexity index is 607. The normalized spacial score (nSPS) is 16.1. The lowest BCUT2D eigenvalue weighted by Gasteiger charge is -2.35. The van der Waals surface area contributed by atoms with Gasteiger partial charge in [-0.25, -0.2) is 0 Å². The van der Waals surface area contributed by atoms with Crippen LogP contribution in [0.3, 0.4) is 0 Å². The molecule has 110 valence electrons. The van der Waals surface area contributed by atoms with Gasteiger partial charge in [0.25, 0.3) is 5.69 Å². The summed E-state index contributed by atoms with van der Waals surface area (Å²) < 4.78 is 0. The summed E-state index contributed by atoms with van der Waals surface area (Å²) in [6.07, 6.45) is 0. The first-order valence-electron chi connectivity index (χ1n) is 6.97. The van der Waals surface area contributed by atoms with Crippen LogP contribution in [0.25, 0.3) is 0 Å². The maximum Gasteiger partial charge on any atom is 0.292 e. The number of hydrogen-bond donors (Lipinski definition) is 0. The van der Waals surface area contributed by atoms with E-state index < -0.39 is 0 Å². The van der Waals surface area contributed by atoms with E-state index in [4.69, 9.17) is 0 Å². The Labute approximate surface area is 127 Å². The number of anilines is 1. The molecular formula is C15H17N3O2S. The molecule has 3 rings (SSSR count). The molecule has 1 saturated heterocycles. The van der Waals surface area contributed by atoms with E-state index in [0.29, 0.717) is 0 Å². The summed E-state index contributed by atoms with van der Waals surface area (Å²) in [6, 6.07) is 11.2. The van der Waals surface area contributed by atoms with Crippen LogP contribution < -0.4 is 4.90 Å². The first-order chi connectivity index (χ1) is 10.2. The summed E-state index contributed by atoms with van der Waals surface area (Å²) >= 11 is 1.78. The van der Waals surface area contributed by atoms with E-state index in [0.717, 1.165) is 38.4 Å². The predicted octanol–water partition coefficient (Wildman–Crippen LogP) is 2.98. The molecule has 0 radical (unpaired) electrons. The molecule has 0 unspecified atom stereocenters. The number of hydrogen-bond acceptors (Lipinski definition) is 5. The molecule has 2 heterocycles. The van der Waals surface area contributed by atoms with Crippen molar-refractivity contribution in [3.8, 4) is 0 Å². The summed E-state index contributed by atoms with van der Waals surface area (Å²) in [4.78, 5) is 16.7. The molecule has 1 aromatic heterocycles. The number of thiophene rings is 1. The third-order valence-corrected chi connectivity index (χ3v) is 4.61. The molecule has 21 heavy (non-hydrogen) atoms. The molecule has 1 fully saturated rings. The molecule has 0 N–H and O–H groups in total. The molecule has 1 aromatic carbocycles. The van der Waals surface area contributed by atoms with Gasteiger partial charge in [-0.3, -0.25) is 15.0 Å². The minimum Gasteiger partial charge on any atom is -0.363 e. The average molecular weight is 303 g/mol. The van der Waals surface area contributed by atoms with Crippen molar-refractivity contribution < 1.29 is 4.92 Å². The zero-order chi connectivity index (χ0) is 14.7. The highest BCUT2D eigenvalue weighted by atomic mass is 32.1. The van der Waals surface area contributed by atoms with Gasteiger partial charge in [0.2, 0.25) is 0 Å². The van der Waals surface area contributed by atoms with Crippen molar-refractivity contribution in [1.82, 2.24) is 4.90 Å². The standard InChI is InChI=1S/C15H17N3O2S/c19-18(20)15-6-2-1-5-14(15)17-9-7-16(8-10-17)12-13-4-3-11-21-13/h1-6,11H,7-10,12H2. The van der Waals surface area contributed by atoms with Crippen LogP contribution in [-0.4, -0.2) is 36.0 Å². The summed E-state index contributed by atoms with van der Waals surface area (Å²) in [7, 11) is 0.